The fourth-order valence-electron chi connectivity index (χ4n) is 0.790. The molecule has 0 spiro atoms. The number of aliphatic hydroxyl groups is 1. The molecular formula is C8H6F8O2. The molecular weight excluding hydrogens is 280 g/mol. The molecule has 0 atom stereocenters. The van der Waals surface area contributed by atoms with E-state index in [1.807, 2.05) is 0 Å². The number of carbonyl (C=O) groups excluding carboxylic acids is 1. The van der Waals surface area contributed by atoms with Crippen LogP contribution in [0, 0.1) is 0 Å². The van der Waals surface area contributed by atoms with E-state index in [0.717, 1.165) is 0 Å². The van der Waals surface area contributed by atoms with Crippen molar-refractivity contribution >= 4 is 5.78 Å². The van der Waals surface area contributed by atoms with E-state index >= 15 is 0 Å². The summed E-state index contributed by atoms with van der Waals surface area (Å²) in [5, 5.41) is 8.46. The quantitative estimate of drug-likeness (QED) is 0.479. The van der Waals surface area contributed by atoms with E-state index in [1.54, 1.807) is 0 Å². The predicted molar refractivity (Wildman–Crippen MR) is 42.2 cm³/mol. The normalized spacial score (nSPS) is 15.1. The fraction of sp³-hybridized carbons (Fsp3) is 0.625. The van der Waals surface area contributed by atoms with Gasteiger partial charge < -0.3 is 5.11 Å². The van der Waals surface area contributed by atoms with Crippen molar-refractivity contribution in [3.8, 4) is 0 Å². The second-order valence-electron chi connectivity index (χ2n) is 3.21. The minimum Gasteiger partial charge on any atom is -0.506 e. The number of allylic oxidation sites excluding steroid dienone is 2. The molecule has 0 rings (SSSR count). The maximum absolute atomic E-state index is 12.8. The lowest BCUT2D eigenvalue weighted by atomic mass is 10.0. The van der Waals surface area contributed by atoms with Gasteiger partial charge in [0, 0.05) is 6.08 Å². The van der Waals surface area contributed by atoms with Gasteiger partial charge in [-0.1, -0.05) is 0 Å². The van der Waals surface area contributed by atoms with Crippen LogP contribution in [-0.2, 0) is 4.79 Å². The molecule has 0 amide bonds. The van der Waals surface area contributed by atoms with Gasteiger partial charge in [-0.25, -0.2) is 8.78 Å². The topological polar surface area (TPSA) is 37.3 Å². The first-order valence-electron chi connectivity index (χ1n) is 4.11. The molecule has 0 fully saturated rings. The average Bonchev–Trinajstić information content (AvgIpc) is 2.15. The highest BCUT2D eigenvalue weighted by Gasteiger charge is 2.76. The summed E-state index contributed by atoms with van der Waals surface area (Å²) >= 11 is 0. The zero-order valence-electron chi connectivity index (χ0n) is 8.53. The molecule has 0 aliphatic rings. The third kappa shape index (κ3) is 2.56. The van der Waals surface area contributed by atoms with E-state index in [-0.39, 0.29) is 0 Å². The van der Waals surface area contributed by atoms with Crippen molar-refractivity contribution in [2.75, 3.05) is 0 Å². The molecule has 0 aliphatic heterocycles. The number of hydrogen-bond acceptors (Lipinski definition) is 2. The molecule has 1 N–H and O–H groups in total. The van der Waals surface area contributed by atoms with Gasteiger partial charge in [0.05, 0.1) is 0 Å². The Labute approximate surface area is 94.9 Å². The molecule has 0 saturated carbocycles. The largest absolute Gasteiger partial charge is 0.506 e. The summed E-state index contributed by atoms with van der Waals surface area (Å²) in [6.45, 7) is 0.551. The average molecular weight is 286 g/mol. The number of aliphatic hydroxyl groups excluding tert-OH is 1. The van der Waals surface area contributed by atoms with Gasteiger partial charge >= 0.3 is 24.2 Å². The summed E-state index contributed by atoms with van der Waals surface area (Å²) in [6.07, 6.45) is -5.54. The Morgan fingerprint density at radius 2 is 1.50 bits per heavy atom. The van der Waals surface area contributed by atoms with Gasteiger partial charge in [-0.2, -0.15) is 26.3 Å². The number of carbonyl (C=O) groups is 1. The molecule has 0 aromatic rings. The molecule has 0 heterocycles. The van der Waals surface area contributed by atoms with Crippen molar-refractivity contribution in [3.05, 3.63) is 11.8 Å². The van der Waals surface area contributed by atoms with Crippen molar-refractivity contribution in [2.24, 2.45) is 0 Å². The van der Waals surface area contributed by atoms with E-state index < -0.39 is 41.8 Å². The van der Waals surface area contributed by atoms with Gasteiger partial charge in [-0.3, -0.25) is 4.79 Å². The molecule has 2 nitrogen and oxygen atoms in total. The lowest BCUT2D eigenvalue weighted by Gasteiger charge is -2.31. The van der Waals surface area contributed by atoms with Crippen LogP contribution >= 0.6 is 0 Å². The van der Waals surface area contributed by atoms with Gasteiger partial charge in [-0.15, -0.1) is 0 Å². The van der Waals surface area contributed by atoms with Gasteiger partial charge in [0.1, 0.15) is 0 Å². The summed E-state index contributed by atoms with van der Waals surface area (Å²) in [6, 6.07) is 0. The molecule has 18 heavy (non-hydrogen) atoms. The standard InChI is InChI=1S/C8H6F8O2/c1-3(17)2-4(18)6(11,12)8(15,16)7(13,14)5(9)10/h2,5,18H,1H3/b4-2-. The molecule has 0 aromatic heterocycles. The third-order valence-corrected chi connectivity index (χ3v) is 1.75. The Bertz CT molecular complexity index is 360. The molecule has 10 heteroatoms. The smallest absolute Gasteiger partial charge is 0.385 e. The van der Waals surface area contributed by atoms with Crippen LogP contribution in [0.1, 0.15) is 6.92 Å². The minimum absolute atomic E-state index is 0.463. The van der Waals surface area contributed by atoms with Crippen LogP contribution in [0.2, 0.25) is 0 Å². The van der Waals surface area contributed by atoms with E-state index in [4.69, 9.17) is 5.11 Å². The first kappa shape index (κ1) is 16.6. The molecule has 0 unspecified atom stereocenters. The third-order valence-electron chi connectivity index (χ3n) is 1.75. The number of halogens is 8. The van der Waals surface area contributed by atoms with E-state index in [0.29, 0.717) is 6.92 Å². The summed E-state index contributed by atoms with van der Waals surface area (Å²) in [5.74, 6) is -23.0. The maximum Gasteiger partial charge on any atom is 0.385 e. The summed E-state index contributed by atoms with van der Waals surface area (Å²) in [7, 11) is 0. The van der Waals surface area contributed by atoms with Crippen LogP contribution in [0.4, 0.5) is 35.1 Å². The van der Waals surface area contributed by atoms with Crippen LogP contribution in [0.25, 0.3) is 0 Å². The molecule has 0 radical (unpaired) electrons. The molecule has 0 aromatic carbocycles. The van der Waals surface area contributed by atoms with Gasteiger partial charge in [-0.05, 0) is 6.92 Å². The summed E-state index contributed by atoms with van der Waals surface area (Å²) < 4.78 is 98.7. The zero-order chi connectivity index (χ0) is 14.9. The van der Waals surface area contributed by atoms with E-state index in [1.165, 1.54) is 0 Å². The van der Waals surface area contributed by atoms with Crippen molar-refractivity contribution < 1.29 is 45.0 Å². The second kappa shape index (κ2) is 4.73. The number of rotatable bonds is 5. The van der Waals surface area contributed by atoms with Crippen LogP contribution in [0.5, 0.6) is 0 Å². The fourth-order valence-corrected chi connectivity index (χ4v) is 0.790. The lowest BCUT2D eigenvalue weighted by molar-refractivity contribution is -0.333. The first-order valence-corrected chi connectivity index (χ1v) is 4.11. The SMILES string of the molecule is CC(=O)/C=C(\O)C(F)(F)C(F)(F)C(F)(F)C(F)F. The predicted octanol–water partition coefficient (Wildman–Crippen LogP) is 3.19. The number of hydrogen-bond donors (Lipinski definition) is 1. The van der Waals surface area contributed by atoms with Crippen LogP contribution in [-0.4, -0.2) is 35.1 Å². The highest BCUT2D eigenvalue weighted by atomic mass is 19.4. The van der Waals surface area contributed by atoms with E-state index in [9.17, 15) is 39.9 Å². The highest BCUT2D eigenvalue weighted by molar-refractivity contribution is 5.87. The Kier molecular flexibility index (Phi) is 4.37. The molecule has 0 aliphatic carbocycles. The Morgan fingerprint density at radius 1 is 1.11 bits per heavy atom. The minimum atomic E-state index is -6.57. The van der Waals surface area contributed by atoms with Crippen LogP contribution in [0.15, 0.2) is 11.8 Å². The van der Waals surface area contributed by atoms with E-state index in [2.05, 4.69) is 0 Å². The number of alkyl halides is 8. The first-order chi connectivity index (χ1) is 7.78. The summed E-state index contributed by atoms with van der Waals surface area (Å²) in [4.78, 5) is 10.3. The van der Waals surface area contributed by atoms with Crippen LogP contribution < -0.4 is 0 Å². The maximum atomic E-state index is 12.8. The van der Waals surface area contributed by atoms with Crippen molar-refractivity contribution in [3.63, 3.8) is 0 Å². The Hall–Kier alpha value is -1.35. The highest BCUT2D eigenvalue weighted by Crippen LogP contribution is 2.50. The molecule has 106 valence electrons. The van der Waals surface area contributed by atoms with Gasteiger partial charge in [0.2, 0.25) is 0 Å². The van der Waals surface area contributed by atoms with Crippen LogP contribution in [0.3, 0.4) is 0 Å². The van der Waals surface area contributed by atoms with Crippen molar-refractivity contribution in [1.82, 2.24) is 0 Å². The van der Waals surface area contributed by atoms with Crippen molar-refractivity contribution in [2.45, 2.75) is 31.1 Å². The van der Waals surface area contributed by atoms with Crippen molar-refractivity contribution in [1.29, 1.82) is 0 Å². The Balaban J connectivity index is 5.66. The zero-order valence-corrected chi connectivity index (χ0v) is 8.53. The summed E-state index contributed by atoms with van der Waals surface area (Å²) in [5.41, 5.74) is 0. The lowest BCUT2D eigenvalue weighted by Crippen LogP contribution is -2.58. The van der Waals surface area contributed by atoms with Gasteiger partial charge in [0.25, 0.3) is 0 Å². The molecule has 0 saturated heterocycles. The monoisotopic (exact) mass is 286 g/mol. The number of ketones is 1. The second-order valence-corrected chi connectivity index (χ2v) is 3.21. The molecule has 0 bridgehead atoms. The van der Waals surface area contributed by atoms with Gasteiger partial charge in [0.15, 0.2) is 11.5 Å². The Morgan fingerprint density at radius 3 is 1.78 bits per heavy atom.